The zero-order chi connectivity index (χ0) is 11.0. The molecule has 3 heteroatoms. The zero-order valence-corrected chi connectivity index (χ0v) is 10.3. The molecule has 1 saturated carbocycles. The van der Waals surface area contributed by atoms with Crippen LogP contribution in [0.25, 0.3) is 0 Å². The van der Waals surface area contributed by atoms with Gasteiger partial charge >= 0.3 is 0 Å². The van der Waals surface area contributed by atoms with E-state index in [0.717, 1.165) is 16.4 Å². The zero-order valence-electron chi connectivity index (χ0n) is 9.49. The third kappa shape index (κ3) is 2.07. The predicted octanol–water partition coefficient (Wildman–Crippen LogP) is 2.93. The Morgan fingerprint density at radius 3 is 2.73 bits per heavy atom. The number of carbonyl (C=O) groups is 1. The summed E-state index contributed by atoms with van der Waals surface area (Å²) in [5, 5.41) is 1.98. The monoisotopic (exact) mass is 223 g/mol. The summed E-state index contributed by atoms with van der Waals surface area (Å²) in [6, 6.07) is 2.40. The average Bonchev–Trinajstić information content (AvgIpc) is 2.98. The lowest BCUT2D eigenvalue weighted by Crippen LogP contribution is -2.36. The largest absolute Gasteiger partial charge is 0.338 e. The molecule has 1 aliphatic carbocycles. The highest BCUT2D eigenvalue weighted by molar-refractivity contribution is 7.12. The SMILES string of the molecule is Cc1ccsc1C(=O)N(C)C(C)C1CC1. The van der Waals surface area contributed by atoms with Crippen molar-refractivity contribution >= 4 is 17.2 Å². The molecule has 1 amide bonds. The number of hydrogen-bond donors (Lipinski definition) is 0. The lowest BCUT2D eigenvalue weighted by atomic mass is 10.2. The van der Waals surface area contributed by atoms with Crippen molar-refractivity contribution in [2.24, 2.45) is 5.92 Å². The third-order valence-corrected chi connectivity index (χ3v) is 4.30. The van der Waals surface area contributed by atoms with Crippen molar-refractivity contribution in [1.29, 1.82) is 0 Å². The van der Waals surface area contributed by atoms with E-state index < -0.39 is 0 Å². The van der Waals surface area contributed by atoms with Gasteiger partial charge in [0.15, 0.2) is 0 Å². The second kappa shape index (κ2) is 3.97. The van der Waals surface area contributed by atoms with Crippen molar-refractivity contribution in [3.63, 3.8) is 0 Å². The normalized spacial score (nSPS) is 17.5. The fraction of sp³-hybridized carbons (Fsp3) is 0.583. The molecule has 1 atom stereocenters. The van der Waals surface area contributed by atoms with Gasteiger partial charge in [-0.05, 0) is 49.6 Å². The van der Waals surface area contributed by atoms with Crippen LogP contribution in [0.15, 0.2) is 11.4 Å². The van der Waals surface area contributed by atoms with Crippen molar-refractivity contribution in [3.8, 4) is 0 Å². The molecule has 1 aromatic heterocycles. The Bertz CT molecular complexity index is 367. The fourth-order valence-electron chi connectivity index (χ4n) is 1.83. The molecule has 0 saturated heterocycles. The molecule has 0 N–H and O–H groups in total. The Hall–Kier alpha value is -0.830. The first kappa shape index (κ1) is 10.7. The molecule has 0 spiro atoms. The highest BCUT2D eigenvalue weighted by Gasteiger charge is 2.33. The average molecular weight is 223 g/mol. The molecule has 0 aromatic carbocycles. The maximum Gasteiger partial charge on any atom is 0.264 e. The number of rotatable bonds is 3. The van der Waals surface area contributed by atoms with Crippen LogP contribution in [0.1, 0.15) is 35.0 Å². The van der Waals surface area contributed by atoms with Crippen molar-refractivity contribution in [3.05, 3.63) is 21.9 Å². The summed E-state index contributed by atoms with van der Waals surface area (Å²) < 4.78 is 0. The highest BCUT2D eigenvalue weighted by Crippen LogP contribution is 2.35. The molecule has 15 heavy (non-hydrogen) atoms. The van der Waals surface area contributed by atoms with E-state index in [1.54, 1.807) is 11.3 Å². The Morgan fingerprint density at radius 1 is 1.60 bits per heavy atom. The molecule has 0 bridgehead atoms. The van der Waals surface area contributed by atoms with Gasteiger partial charge in [0.25, 0.3) is 5.91 Å². The molecule has 0 aliphatic heterocycles. The van der Waals surface area contributed by atoms with Crippen LogP contribution < -0.4 is 0 Å². The maximum absolute atomic E-state index is 12.1. The van der Waals surface area contributed by atoms with Gasteiger partial charge in [0.05, 0.1) is 4.88 Å². The summed E-state index contributed by atoms with van der Waals surface area (Å²) in [6.45, 7) is 4.15. The summed E-state index contributed by atoms with van der Waals surface area (Å²) in [5.74, 6) is 0.918. The molecule has 82 valence electrons. The minimum Gasteiger partial charge on any atom is -0.338 e. The topological polar surface area (TPSA) is 20.3 Å². The first-order valence-electron chi connectivity index (χ1n) is 5.42. The number of thiophene rings is 1. The van der Waals surface area contributed by atoms with Crippen molar-refractivity contribution in [1.82, 2.24) is 4.90 Å². The van der Waals surface area contributed by atoms with Crippen molar-refractivity contribution in [2.75, 3.05) is 7.05 Å². The van der Waals surface area contributed by atoms with E-state index in [1.807, 2.05) is 30.3 Å². The lowest BCUT2D eigenvalue weighted by molar-refractivity contribution is 0.0731. The Balaban J connectivity index is 2.10. The van der Waals surface area contributed by atoms with Gasteiger partial charge in [-0.25, -0.2) is 0 Å². The number of amides is 1. The molecule has 0 radical (unpaired) electrons. The molecule has 1 unspecified atom stereocenters. The Morgan fingerprint density at radius 2 is 2.27 bits per heavy atom. The van der Waals surface area contributed by atoms with E-state index in [2.05, 4.69) is 6.92 Å². The number of carbonyl (C=O) groups excluding carboxylic acids is 1. The molecular formula is C12H17NOS. The minimum absolute atomic E-state index is 0.182. The van der Waals surface area contributed by atoms with Gasteiger partial charge in [-0.2, -0.15) is 0 Å². The van der Waals surface area contributed by atoms with Crippen LogP contribution in [-0.4, -0.2) is 23.9 Å². The van der Waals surface area contributed by atoms with E-state index in [4.69, 9.17) is 0 Å². The van der Waals surface area contributed by atoms with E-state index in [0.29, 0.717) is 6.04 Å². The van der Waals surface area contributed by atoms with E-state index in [1.165, 1.54) is 12.8 Å². The molecule has 1 fully saturated rings. The Labute approximate surface area is 94.9 Å². The van der Waals surface area contributed by atoms with E-state index in [9.17, 15) is 4.79 Å². The summed E-state index contributed by atoms with van der Waals surface area (Å²) in [5.41, 5.74) is 1.10. The van der Waals surface area contributed by atoms with Crippen LogP contribution in [0.5, 0.6) is 0 Å². The van der Waals surface area contributed by atoms with Crippen LogP contribution in [0, 0.1) is 12.8 Å². The number of hydrogen-bond acceptors (Lipinski definition) is 2. The van der Waals surface area contributed by atoms with Crippen molar-refractivity contribution < 1.29 is 4.79 Å². The van der Waals surface area contributed by atoms with Crippen LogP contribution in [0.3, 0.4) is 0 Å². The summed E-state index contributed by atoms with van der Waals surface area (Å²) in [7, 11) is 1.92. The maximum atomic E-state index is 12.1. The van der Waals surface area contributed by atoms with E-state index >= 15 is 0 Å². The van der Waals surface area contributed by atoms with Gasteiger partial charge in [-0.15, -0.1) is 11.3 Å². The minimum atomic E-state index is 0.182. The van der Waals surface area contributed by atoms with Gasteiger partial charge in [0.2, 0.25) is 0 Å². The lowest BCUT2D eigenvalue weighted by Gasteiger charge is -2.24. The fourth-order valence-corrected chi connectivity index (χ4v) is 2.74. The van der Waals surface area contributed by atoms with Crippen LogP contribution >= 0.6 is 11.3 Å². The third-order valence-electron chi connectivity index (χ3n) is 3.29. The second-order valence-electron chi connectivity index (χ2n) is 4.43. The molecular weight excluding hydrogens is 206 g/mol. The van der Waals surface area contributed by atoms with Crippen molar-refractivity contribution in [2.45, 2.75) is 32.7 Å². The second-order valence-corrected chi connectivity index (χ2v) is 5.34. The van der Waals surface area contributed by atoms with Crippen LogP contribution in [0.2, 0.25) is 0 Å². The Kier molecular flexibility index (Phi) is 2.83. The van der Waals surface area contributed by atoms with Gasteiger partial charge in [-0.3, -0.25) is 4.79 Å². The summed E-state index contributed by atoms with van der Waals surface area (Å²) in [6.07, 6.45) is 2.56. The van der Waals surface area contributed by atoms with Crippen LogP contribution in [0.4, 0.5) is 0 Å². The predicted molar refractivity (Wildman–Crippen MR) is 63.3 cm³/mol. The van der Waals surface area contributed by atoms with Gasteiger partial charge in [0, 0.05) is 13.1 Å². The van der Waals surface area contributed by atoms with Gasteiger partial charge in [0.1, 0.15) is 0 Å². The highest BCUT2D eigenvalue weighted by atomic mass is 32.1. The quantitative estimate of drug-likeness (QED) is 0.771. The van der Waals surface area contributed by atoms with E-state index in [-0.39, 0.29) is 5.91 Å². The first-order chi connectivity index (χ1) is 7.11. The molecule has 1 aliphatic rings. The smallest absolute Gasteiger partial charge is 0.264 e. The van der Waals surface area contributed by atoms with Gasteiger partial charge < -0.3 is 4.90 Å². The molecule has 2 nitrogen and oxygen atoms in total. The summed E-state index contributed by atoms with van der Waals surface area (Å²) in [4.78, 5) is 14.9. The number of nitrogens with zero attached hydrogens (tertiary/aromatic N) is 1. The standard InChI is InChI=1S/C12H17NOS/c1-8-6-7-15-11(8)12(14)13(3)9(2)10-4-5-10/h6-7,9-10H,4-5H2,1-3H3. The van der Waals surface area contributed by atoms with Gasteiger partial charge in [-0.1, -0.05) is 0 Å². The molecule has 1 heterocycles. The first-order valence-corrected chi connectivity index (χ1v) is 6.30. The number of aryl methyl sites for hydroxylation is 1. The molecule has 2 rings (SSSR count). The van der Waals surface area contributed by atoms with Crippen LogP contribution in [-0.2, 0) is 0 Å². The summed E-state index contributed by atoms with van der Waals surface area (Å²) >= 11 is 1.54. The molecule has 1 aromatic rings.